The van der Waals surface area contributed by atoms with Gasteiger partial charge < -0.3 is 19.0 Å². The Hall–Kier alpha value is -2.57. The van der Waals surface area contributed by atoms with Crippen LogP contribution < -0.4 is 9.47 Å². The molecule has 0 bridgehead atoms. The Morgan fingerprint density at radius 2 is 1.92 bits per heavy atom. The van der Waals surface area contributed by atoms with E-state index in [0.29, 0.717) is 31.3 Å². The first-order chi connectivity index (χ1) is 12.2. The molecule has 1 aliphatic heterocycles. The number of hydrogen-bond acceptors (Lipinski definition) is 6. The lowest BCUT2D eigenvalue weighted by Gasteiger charge is -2.33. The second kappa shape index (κ2) is 6.38. The van der Waals surface area contributed by atoms with E-state index >= 15 is 0 Å². The minimum absolute atomic E-state index is 0.481. The summed E-state index contributed by atoms with van der Waals surface area (Å²) in [5, 5.41) is 10.7. The third kappa shape index (κ3) is 2.83. The number of β-amino-alcohol motifs (C(OH)–C–C–N with tert-alkyl or cyclic N) is 1. The van der Waals surface area contributed by atoms with Crippen LogP contribution in [0.1, 0.15) is 23.1 Å². The van der Waals surface area contributed by atoms with Crippen molar-refractivity contribution in [3.05, 3.63) is 53.4 Å². The summed E-state index contributed by atoms with van der Waals surface area (Å²) in [7, 11) is 3.24. The maximum atomic E-state index is 10.7. The van der Waals surface area contributed by atoms with E-state index in [1.165, 1.54) is 0 Å². The number of para-hydroxylation sites is 2. The number of hydrogen-bond donors (Lipinski definition) is 1. The van der Waals surface area contributed by atoms with Gasteiger partial charge in [0.1, 0.15) is 17.0 Å². The van der Waals surface area contributed by atoms with Crippen LogP contribution >= 0.6 is 0 Å². The molecule has 2 heterocycles. The predicted molar refractivity (Wildman–Crippen MR) is 92.6 cm³/mol. The number of fused-ring (bicyclic) bond motifs is 2. The standard InChI is InChI=1S/C19H20N2O4/c1-23-15-7-8-17(24-2)19-12(15)9-21(10-14(19)22)11-18-20-13-5-3-4-6-16(13)25-18/h3-8,14,22H,9-11H2,1-2H3/t14-/m0/s1. The van der Waals surface area contributed by atoms with Gasteiger partial charge in [-0.3, -0.25) is 4.90 Å². The van der Waals surface area contributed by atoms with Gasteiger partial charge in [-0.15, -0.1) is 0 Å². The van der Waals surface area contributed by atoms with Crippen molar-refractivity contribution in [1.82, 2.24) is 9.88 Å². The monoisotopic (exact) mass is 340 g/mol. The smallest absolute Gasteiger partial charge is 0.209 e. The molecule has 0 saturated heterocycles. The number of benzene rings is 2. The number of nitrogens with zero attached hydrogens (tertiary/aromatic N) is 2. The molecule has 2 aromatic carbocycles. The first kappa shape index (κ1) is 15.9. The highest BCUT2D eigenvalue weighted by Gasteiger charge is 2.30. The highest BCUT2D eigenvalue weighted by atomic mass is 16.5. The van der Waals surface area contributed by atoms with E-state index in [4.69, 9.17) is 13.9 Å². The topological polar surface area (TPSA) is 68.0 Å². The second-order valence-corrected chi connectivity index (χ2v) is 6.12. The molecule has 0 spiro atoms. The molecule has 0 saturated carbocycles. The molecule has 130 valence electrons. The van der Waals surface area contributed by atoms with Crippen LogP contribution in [0.15, 0.2) is 40.8 Å². The average Bonchev–Trinajstić information content (AvgIpc) is 3.02. The summed E-state index contributed by atoms with van der Waals surface area (Å²) in [4.78, 5) is 6.62. The number of aromatic nitrogens is 1. The van der Waals surface area contributed by atoms with Gasteiger partial charge in [0, 0.05) is 24.2 Å². The normalized spacial score (nSPS) is 17.5. The summed E-state index contributed by atoms with van der Waals surface area (Å²) in [6.45, 7) is 1.63. The number of methoxy groups -OCH3 is 2. The minimum Gasteiger partial charge on any atom is -0.496 e. The van der Waals surface area contributed by atoms with Gasteiger partial charge in [0.25, 0.3) is 0 Å². The molecular formula is C19H20N2O4. The van der Waals surface area contributed by atoms with Crippen molar-refractivity contribution in [2.24, 2.45) is 0 Å². The number of rotatable bonds is 4. The largest absolute Gasteiger partial charge is 0.496 e. The zero-order chi connectivity index (χ0) is 17.4. The van der Waals surface area contributed by atoms with Crippen LogP contribution in [-0.4, -0.2) is 35.8 Å². The Kier molecular flexibility index (Phi) is 4.07. The van der Waals surface area contributed by atoms with Gasteiger partial charge in [0.15, 0.2) is 5.58 Å². The van der Waals surface area contributed by atoms with Crippen molar-refractivity contribution in [2.45, 2.75) is 19.2 Å². The van der Waals surface area contributed by atoms with Crippen molar-refractivity contribution >= 4 is 11.1 Å². The molecule has 0 amide bonds. The molecule has 4 rings (SSSR count). The van der Waals surface area contributed by atoms with Crippen molar-refractivity contribution in [1.29, 1.82) is 0 Å². The van der Waals surface area contributed by atoms with Crippen molar-refractivity contribution < 1.29 is 19.0 Å². The van der Waals surface area contributed by atoms with E-state index in [1.807, 2.05) is 36.4 Å². The number of ether oxygens (including phenoxy) is 2. The first-order valence-electron chi connectivity index (χ1n) is 8.18. The van der Waals surface area contributed by atoms with Crippen LogP contribution in [0.25, 0.3) is 11.1 Å². The molecule has 25 heavy (non-hydrogen) atoms. The average molecular weight is 340 g/mol. The van der Waals surface area contributed by atoms with E-state index in [1.54, 1.807) is 14.2 Å². The molecule has 1 aromatic heterocycles. The highest BCUT2D eigenvalue weighted by Crippen LogP contribution is 2.39. The predicted octanol–water partition coefficient (Wildman–Crippen LogP) is 2.89. The molecule has 0 aliphatic carbocycles. The van der Waals surface area contributed by atoms with Crippen LogP contribution in [0.4, 0.5) is 0 Å². The summed E-state index contributed by atoms with van der Waals surface area (Å²) < 4.78 is 16.7. The van der Waals surface area contributed by atoms with Crippen LogP contribution in [0.2, 0.25) is 0 Å². The van der Waals surface area contributed by atoms with E-state index in [9.17, 15) is 5.11 Å². The molecule has 1 aliphatic rings. The highest BCUT2D eigenvalue weighted by molar-refractivity contribution is 5.72. The van der Waals surface area contributed by atoms with E-state index in [-0.39, 0.29) is 0 Å². The number of aliphatic hydroxyl groups excluding tert-OH is 1. The van der Waals surface area contributed by atoms with Gasteiger partial charge in [0.05, 0.1) is 26.9 Å². The summed E-state index contributed by atoms with van der Waals surface area (Å²) in [6.07, 6.45) is -0.654. The van der Waals surface area contributed by atoms with E-state index < -0.39 is 6.10 Å². The molecule has 6 heteroatoms. The summed E-state index contributed by atoms with van der Waals surface area (Å²) in [5.41, 5.74) is 3.36. The van der Waals surface area contributed by atoms with Gasteiger partial charge >= 0.3 is 0 Å². The Labute approximate surface area is 145 Å². The lowest BCUT2D eigenvalue weighted by Crippen LogP contribution is -2.33. The zero-order valence-corrected chi connectivity index (χ0v) is 14.2. The van der Waals surface area contributed by atoms with E-state index in [0.717, 1.165) is 28.0 Å². The molecule has 1 atom stereocenters. The summed E-state index contributed by atoms with van der Waals surface area (Å²) >= 11 is 0. The Balaban J connectivity index is 1.64. The van der Waals surface area contributed by atoms with Crippen molar-refractivity contribution in [3.63, 3.8) is 0 Å². The van der Waals surface area contributed by atoms with Gasteiger partial charge in [0.2, 0.25) is 5.89 Å². The first-order valence-corrected chi connectivity index (χ1v) is 8.18. The summed E-state index contributed by atoms with van der Waals surface area (Å²) in [5.74, 6) is 2.07. The fourth-order valence-electron chi connectivity index (χ4n) is 3.44. The van der Waals surface area contributed by atoms with E-state index in [2.05, 4.69) is 9.88 Å². The van der Waals surface area contributed by atoms with Crippen LogP contribution in [0.3, 0.4) is 0 Å². The fourth-order valence-corrected chi connectivity index (χ4v) is 3.44. The van der Waals surface area contributed by atoms with Crippen LogP contribution in [-0.2, 0) is 13.1 Å². The van der Waals surface area contributed by atoms with Gasteiger partial charge in [-0.2, -0.15) is 0 Å². The zero-order valence-electron chi connectivity index (χ0n) is 14.2. The van der Waals surface area contributed by atoms with Gasteiger partial charge in [-0.25, -0.2) is 4.98 Å². The Morgan fingerprint density at radius 1 is 1.16 bits per heavy atom. The quantitative estimate of drug-likeness (QED) is 0.788. The molecule has 0 fully saturated rings. The summed E-state index contributed by atoms with van der Waals surface area (Å²) in [6, 6.07) is 11.4. The molecule has 1 N–H and O–H groups in total. The lowest BCUT2D eigenvalue weighted by atomic mass is 9.95. The van der Waals surface area contributed by atoms with Crippen LogP contribution in [0.5, 0.6) is 11.5 Å². The number of aliphatic hydroxyl groups is 1. The second-order valence-electron chi connectivity index (χ2n) is 6.12. The Morgan fingerprint density at radius 3 is 2.68 bits per heavy atom. The maximum Gasteiger partial charge on any atom is 0.209 e. The Bertz CT molecular complexity index is 873. The van der Waals surface area contributed by atoms with Gasteiger partial charge in [-0.1, -0.05) is 12.1 Å². The molecule has 3 aromatic rings. The lowest BCUT2D eigenvalue weighted by molar-refractivity contribution is 0.0796. The molecule has 0 radical (unpaired) electrons. The SMILES string of the molecule is COc1ccc(OC)c2c1CN(Cc1nc3ccccc3o1)C[C@@H]2O. The third-order valence-corrected chi connectivity index (χ3v) is 4.56. The minimum atomic E-state index is -0.654. The van der Waals surface area contributed by atoms with Gasteiger partial charge in [-0.05, 0) is 24.3 Å². The maximum absolute atomic E-state index is 10.7. The molecular weight excluding hydrogens is 320 g/mol. The third-order valence-electron chi connectivity index (χ3n) is 4.56. The van der Waals surface area contributed by atoms with Crippen molar-refractivity contribution in [2.75, 3.05) is 20.8 Å². The molecule has 6 nitrogen and oxygen atoms in total. The number of oxazole rings is 1. The van der Waals surface area contributed by atoms with Crippen LogP contribution in [0, 0.1) is 0 Å². The fraction of sp³-hybridized carbons (Fsp3) is 0.316. The molecule has 0 unspecified atom stereocenters. The van der Waals surface area contributed by atoms with Crippen molar-refractivity contribution in [3.8, 4) is 11.5 Å².